The van der Waals surface area contributed by atoms with Crippen molar-refractivity contribution in [3.63, 3.8) is 0 Å². The smallest absolute Gasteiger partial charge is 0.221 e. The Morgan fingerprint density at radius 3 is 2.91 bits per heavy atom. The molecule has 0 aliphatic carbocycles. The highest BCUT2D eigenvalue weighted by Crippen LogP contribution is 2.31. The molecular weight excluding hydrogens is 312 g/mol. The van der Waals surface area contributed by atoms with E-state index in [-0.39, 0.29) is 5.91 Å². The first-order chi connectivity index (χ1) is 11.2. The zero-order valence-electron chi connectivity index (χ0n) is 13.0. The number of ether oxygens (including phenoxy) is 2. The first-order valence-corrected chi connectivity index (χ1v) is 9.05. The Balaban J connectivity index is 1.57. The number of fused-ring (bicyclic) bond motifs is 1. The third kappa shape index (κ3) is 3.91. The van der Waals surface area contributed by atoms with Crippen LogP contribution in [0, 0.1) is 11.3 Å². The quantitative estimate of drug-likeness (QED) is 0.916. The molecular formula is C17H20N2O3S. The molecule has 1 fully saturated rings. The van der Waals surface area contributed by atoms with E-state index in [9.17, 15) is 10.1 Å². The van der Waals surface area contributed by atoms with Gasteiger partial charge in [-0.3, -0.25) is 4.79 Å². The van der Waals surface area contributed by atoms with Crippen LogP contribution in [0.3, 0.4) is 0 Å². The number of nitrogens with one attached hydrogen (secondary N) is 1. The lowest BCUT2D eigenvalue weighted by molar-refractivity contribution is -0.122. The zero-order valence-corrected chi connectivity index (χ0v) is 13.8. The van der Waals surface area contributed by atoms with Crippen molar-refractivity contribution >= 4 is 17.7 Å². The molecule has 1 N–H and O–H groups in total. The Bertz CT molecular complexity index is 621. The van der Waals surface area contributed by atoms with Crippen LogP contribution in [-0.2, 0) is 11.2 Å². The van der Waals surface area contributed by atoms with Gasteiger partial charge in [0.25, 0.3) is 0 Å². The predicted octanol–water partition coefficient (Wildman–Crippen LogP) is 2.30. The van der Waals surface area contributed by atoms with Gasteiger partial charge in [-0.05, 0) is 36.3 Å². The highest BCUT2D eigenvalue weighted by atomic mass is 32.2. The minimum Gasteiger partial charge on any atom is -0.490 e. The number of hydrogen-bond acceptors (Lipinski definition) is 5. The Hall–Kier alpha value is -1.87. The van der Waals surface area contributed by atoms with Crippen LogP contribution < -0.4 is 14.8 Å². The van der Waals surface area contributed by atoms with Crippen LogP contribution in [-0.4, -0.2) is 36.2 Å². The molecule has 0 spiro atoms. The average Bonchev–Trinajstić information content (AvgIpc) is 2.90. The van der Waals surface area contributed by atoms with Gasteiger partial charge in [0.1, 0.15) is 5.54 Å². The molecule has 23 heavy (non-hydrogen) atoms. The molecule has 122 valence electrons. The molecule has 1 saturated heterocycles. The van der Waals surface area contributed by atoms with Gasteiger partial charge in [-0.25, -0.2) is 0 Å². The third-order valence-electron chi connectivity index (χ3n) is 4.07. The number of hydrogen-bond donors (Lipinski definition) is 1. The van der Waals surface area contributed by atoms with Gasteiger partial charge >= 0.3 is 0 Å². The summed E-state index contributed by atoms with van der Waals surface area (Å²) < 4.78 is 11.3. The number of nitrogens with zero attached hydrogens (tertiary/aromatic N) is 1. The Labute approximate surface area is 140 Å². The molecule has 0 bridgehead atoms. The van der Waals surface area contributed by atoms with Crippen LogP contribution in [0.2, 0.25) is 0 Å². The lowest BCUT2D eigenvalue weighted by Crippen LogP contribution is -2.47. The first-order valence-electron chi connectivity index (χ1n) is 7.89. The second kappa shape index (κ2) is 7.14. The summed E-state index contributed by atoms with van der Waals surface area (Å²) in [6.07, 6.45) is 2.59. The van der Waals surface area contributed by atoms with Crippen molar-refractivity contribution in [2.24, 2.45) is 0 Å². The fourth-order valence-electron chi connectivity index (χ4n) is 2.73. The minimum atomic E-state index is -0.674. The van der Waals surface area contributed by atoms with Crippen LogP contribution in [0.25, 0.3) is 0 Å². The molecule has 1 aromatic rings. The van der Waals surface area contributed by atoms with E-state index in [0.717, 1.165) is 35.7 Å². The van der Waals surface area contributed by atoms with Gasteiger partial charge in [0, 0.05) is 18.6 Å². The standard InChI is InChI=1S/C17H20N2O3S/c18-11-17(6-9-23-12-17)19-16(20)5-3-13-2-4-14-15(10-13)22-8-1-7-21-14/h2,4,10H,1,3,5-9,12H2,(H,19,20). The van der Waals surface area contributed by atoms with Crippen molar-refractivity contribution in [3.8, 4) is 17.6 Å². The van der Waals surface area contributed by atoms with E-state index >= 15 is 0 Å². The van der Waals surface area contributed by atoms with Gasteiger partial charge in [-0.2, -0.15) is 17.0 Å². The number of benzene rings is 1. The molecule has 3 rings (SSSR count). The maximum atomic E-state index is 12.2. The van der Waals surface area contributed by atoms with E-state index in [2.05, 4.69) is 11.4 Å². The fourth-order valence-corrected chi connectivity index (χ4v) is 4.00. The molecule has 6 heteroatoms. The Kier molecular flexibility index (Phi) is 4.97. The second-order valence-corrected chi connectivity index (χ2v) is 6.98. The predicted molar refractivity (Wildman–Crippen MR) is 88.8 cm³/mol. The summed E-state index contributed by atoms with van der Waals surface area (Å²) in [5.74, 6) is 3.05. The molecule has 1 atom stereocenters. The lowest BCUT2D eigenvalue weighted by atomic mass is 10.0. The fraction of sp³-hybridized carbons (Fsp3) is 0.529. The number of amides is 1. The van der Waals surface area contributed by atoms with E-state index in [1.807, 2.05) is 18.2 Å². The normalized spacial score (nSPS) is 22.9. The summed E-state index contributed by atoms with van der Waals surface area (Å²) in [6.45, 7) is 1.32. The van der Waals surface area contributed by atoms with Crippen LogP contribution in [0.15, 0.2) is 18.2 Å². The number of carbonyl (C=O) groups excluding carboxylic acids is 1. The maximum Gasteiger partial charge on any atom is 0.221 e. The van der Waals surface area contributed by atoms with Gasteiger partial charge < -0.3 is 14.8 Å². The average molecular weight is 332 g/mol. The number of thioether (sulfide) groups is 1. The summed E-state index contributed by atoms with van der Waals surface area (Å²) in [4.78, 5) is 12.2. The van der Waals surface area contributed by atoms with Gasteiger partial charge in [0.15, 0.2) is 11.5 Å². The SMILES string of the molecule is N#CC1(NC(=O)CCc2ccc3c(c2)OCCCO3)CCSC1. The van der Waals surface area contributed by atoms with Crippen LogP contribution in [0.5, 0.6) is 11.5 Å². The van der Waals surface area contributed by atoms with Crippen molar-refractivity contribution in [1.82, 2.24) is 5.32 Å². The number of aryl methyl sites for hydroxylation is 1. The van der Waals surface area contributed by atoms with Crippen molar-refractivity contribution in [2.45, 2.75) is 31.2 Å². The maximum absolute atomic E-state index is 12.2. The third-order valence-corrected chi connectivity index (χ3v) is 5.26. The molecule has 0 saturated carbocycles. The molecule has 1 amide bonds. The number of rotatable bonds is 4. The summed E-state index contributed by atoms with van der Waals surface area (Å²) in [7, 11) is 0. The van der Waals surface area contributed by atoms with E-state index in [1.165, 1.54) is 0 Å². The number of carbonyl (C=O) groups is 1. The van der Waals surface area contributed by atoms with Gasteiger partial charge in [-0.15, -0.1) is 0 Å². The summed E-state index contributed by atoms with van der Waals surface area (Å²) in [5, 5.41) is 12.2. The van der Waals surface area contributed by atoms with Crippen molar-refractivity contribution in [3.05, 3.63) is 23.8 Å². The monoisotopic (exact) mass is 332 g/mol. The van der Waals surface area contributed by atoms with E-state index in [0.29, 0.717) is 31.8 Å². The molecule has 1 aromatic carbocycles. The van der Waals surface area contributed by atoms with Gasteiger partial charge in [0.05, 0.1) is 19.3 Å². The summed E-state index contributed by atoms with van der Waals surface area (Å²) in [5.41, 5.74) is 0.364. The van der Waals surface area contributed by atoms with E-state index < -0.39 is 5.54 Å². The van der Waals surface area contributed by atoms with Crippen LogP contribution >= 0.6 is 11.8 Å². The lowest BCUT2D eigenvalue weighted by Gasteiger charge is -2.21. The summed E-state index contributed by atoms with van der Waals surface area (Å²) >= 11 is 1.71. The van der Waals surface area contributed by atoms with Gasteiger partial charge in [0.2, 0.25) is 5.91 Å². The van der Waals surface area contributed by atoms with Crippen molar-refractivity contribution in [1.29, 1.82) is 5.26 Å². The molecule has 2 aliphatic rings. The van der Waals surface area contributed by atoms with Crippen LogP contribution in [0.4, 0.5) is 0 Å². The van der Waals surface area contributed by atoms with Crippen molar-refractivity contribution in [2.75, 3.05) is 24.7 Å². The molecule has 2 heterocycles. The highest BCUT2D eigenvalue weighted by Gasteiger charge is 2.35. The molecule has 0 aromatic heterocycles. The second-order valence-electron chi connectivity index (χ2n) is 5.88. The van der Waals surface area contributed by atoms with E-state index in [1.54, 1.807) is 11.8 Å². The number of nitriles is 1. The Morgan fingerprint density at radius 2 is 2.17 bits per heavy atom. The molecule has 5 nitrogen and oxygen atoms in total. The zero-order chi connectivity index (χ0) is 16.1. The summed E-state index contributed by atoms with van der Waals surface area (Å²) in [6, 6.07) is 8.07. The van der Waals surface area contributed by atoms with Crippen LogP contribution in [0.1, 0.15) is 24.8 Å². The van der Waals surface area contributed by atoms with E-state index in [4.69, 9.17) is 9.47 Å². The Morgan fingerprint density at radius 1 is 1.35 bits per heavy atom. The molecule has 0 radical (unpaired) electrons. The highest BCUT2D eigenvalue weighted by molar-refractivity contribution is 7.99. The molecule has 2 aliphatic heterocycles. The first kappa shape index (κ1) is 16.0. The topological polar surface area (TPSA) is 71.4 Å². The van der Waals surface area contributed by atoms with Crippen molar-refractivity contribution < 1.29 is 14.3 Å². The largest absolute Gasteiger partial charge is 0.490 e. The molecule has 1 unspecified atom stereocenters. The van der Waals surface area contributed by atoms with Gasteiger partial charge in [-0.1, -0.05) is 6.07 Å². The minimum absolute atomic E-state index is 0.0684.